The van der Waals surface area contributed by atoms with E-state index in [1.165, 1.54) is 6.07 Å². The summed E-state index contributed by atoms with van der Waals surface area (Å²) in [7, 11) is 0. The molecule has 0 aliphatic carbocycles. The van der Waals surface area contributed by atoms with E-state index in [1.807, 2.05) is 0 Å². The van der Waals surface area contributed by atoms with Crippen LogP contribution in [-0.2, 0) is 0 Å². The summed E-state index contributed by atoms with van der Waals surface area (Å²) in [6.07, 6.45) is 1.80. The van der Waals surface area contributed by atoms with Gasteiger partial charge in [0, 0.05) is 31.1 Å². The molecule has 16 heavy (non-hydrogen) atoms. The van der Waals surface area contributed by atoms with Crippen molar-refractivity contribution >= 4 is 5.69 Å². The van der Waals surface area contributed by atoms with Gasteiger partial charge in [-0.25, -0.2) is 0 Å². The Bertz CT molecular complexity index is 366. The Morgan fingerprint density at radius 2 is 2.31 bits per heavy atom. The summed E-state index contributed by atoms with van der Waals surface area (Å²) in [6, 6.07) is 4.92. The highest BCUT2D eigenvalue weighted by molar-refractivity contribution is 5.44. The quantitative estimate of drug-likeness (QED) is 0.431. The zero-order valence-corrected chi connectivity index (χ0v) is 9.01. The Hall–Kier alpha value is -1.46. The highest BCUT2D eigenvalue weighted by Gasteiger charge is 2.09. The van der Waals surface area contributed by atoms with E-state index in [1.54, 1.807) is 32.0 Å². The monoisotopic (exact) mass is 222 g/mol. The van der Waals surface area contributed by atoms with E-state index >= 15 is 0 Å². The molecular weight excluding hydrogens is 208 g/mol. The molecule has 0 heterocycles. The smallest absolute Gasteiger partial charge is 0.272 e. The number of aliphatic hydroxyl groups excluding tert-OH is 1. The average Bonchev–Trinajstić information content (AvgIpc) is 2.24. The van der Waals surface area contributed by atoms with Gasteiger partial charge in [0.15, 0.2) is 0 Å². The third-order valence-corrected chi connectivity index (χ3v) is 2.07. The summed E-state index contributed by atoms with van der Waals surface area (Å²) < 4.78 is 0. The molecule has 0 bridgehead atoms. The number of hydrogen-bond acceptors (Lipinski definition) is 4. The highest BCUT2D eigenvalue weighted by Crippen LogP contribution is 2.19. The van der Waals surface area contributed by atoms with Crippen LogP contribution < -0.4 is 5.32 Å². The van der Waals surface area contributed by atoms with Crippen molar-refractivity contribution in [1.29, 1.82) is 0 Å². The van der Waals surface area contributed by atoms with Crippen LogP contribution in [0.25, 0.3) is 0 Å². The molecule has 0 fully saturated rings. The maximum atomic E-state index is 10.6. The molecule has 0 saturated heterocycles. The van der Waals surface area contributed by atoms with Crippen molar-refractivity contribution < 1.29 is 10.0 Å². The molecule has 0 aliphatic rings. The molecule has 0 aromatic heterocycles. The number of nitro groups is 1. The van der Waals surface area contributed by atoms with E-state index in [-0.39, 0.29) is 12.3 Å². The summed E-state index contributed by atoms with van der Waals surface area (Å²) in [5, 5.41) is 22.0. The van der Waals surface area contributed by atoms with Crippen LogP contribution in [0.5, 0.6) is 0 Å². The highest BCUT2D eigenvalue weighted by atomic mass is 16.6. The molecule has 0 saturated carbocycles. The maximum absolute atomic E-state index is 10.6. The van der Waals surface area contributed by atoms with Crippen molar-refractivity contribution in [3.8, 4) is 0 Å². The number of nitro benzene ring substituents is 1. The molecule has 2 N–H and O–H groups in total. The number of nitrogens with zero attached hydrogens (tertiary/aromatic N) is 1. The van der Waals surface area contributed by atoms with E-state index in [0.717, 1.165) is 5.56 Å². The van der Waals surface area contributed by atoms with E-state index < -0.39 is 4.92 Å². The van der Waals surface area contributed by atoms with Crippen molar-refractivity contribution in [2.75, 3.05) is 13.2 Å². The lowest BCUT2D eigenvalue weighted by molar-refractivity contribution is -0.385. The first-order valence-electron chi connectivity index (χ1n) is 4.91. The normalized spacial score (nSPS) is 10.4. The van der Waals surface area contributed by atoms with Gasteiger partial charge in [0.1, 0.15) is 0 Å². The van der Waals surface area contributed by atoms with Gasteiger partial charge in [0.25, 0.3) is 5.69 Å². The van der Waals surface area contributed by atoms with E-state index in [9.17, 15) is 10.1 Å². The minimum Gasteiger partial charge on any atom is -0.395 e. The predicted molar refractivity (Wildman–Crippen MR) is 60.6 cm³/mol. The van der Waals surface area contributed by atoms with Gasteiger partial charge in [-0.3, -0.25) is 10.1 Å². The van der Waals surface area contributed by atoms with Crippen LogP contribution in [0.1, 0.15) is 11.1 Å². The SMILES string of the molecule is Cc1cc([CH][CH]NCCO)ccc1[N+](=O)[O-]. The zero-order valence-electron chi connectivity index (χ0n) is 9.01. The van der Waals surface area contributed by atoms with Crippen LogP contribution in [0.2, 0.25) is 0 Å². The fraction of sp³-hybridized carbons (Fsp3) is 0.273. The Morgan fingerprint density at radius 3 is 2.88 bits per heavy atom. The molecule has 1 rings (SSSR count). The summed E-state index contributed by atoms with van der Waals surface area (Å²) in [5.74, 6) is 0. The molecule has 2 radical (unpaired) electrons. The van der Waals surface area contributed by atoms with Crippen molar-refractivity contribution in [3.63, 3.8) is 0 Å². The first kappa shape index (κ1) is 12.6. The molecule has 5 nitrogen and oxygen atoms in total. The molecular formula is C11H14N2O3. The molecule has 0 unspecified atom stereocenters. The Labute approximate surface area is 94.3 Å². The third-order valence-electron chi connectivity index (χ3n) is 2.07. The molecule has 0 spiro atoms. The first-order chi connectivity index (χ1) is 7.65. The lowest BCUT2D eigenvalue weighted by Gasteiger charge is -2.03. The van der Waals surface area contributed by atoms with Gasteiger partial charge in [0.2, 0.25) is 0 Å². The number of aliphatic hydroxyl groups is 1. The Kier molecular flexibility index (Phi) is 4.88. The molecule has 1 aromatic rings. The maximum Gasteiger partial charge on any atom is 0.272 e. The van der Waals surface area contributed by atoms with Crippen LogP contribution >= 0.6 is 0 Å². The molecule has 0 aliphatic heterocycles. The van der Waals surface area contributed by atoms with Gasteiger partial charge in [0.05, 0.1) is 11.5 Å². The Morgan fingerprint density at radius 1 is 1.56 bits per heavy atom. The van der Waals surface area contributed by atoms with Crippen molar-refractivity contribution in [1.82, 2.24) is 5.32 Å². The van der Waals surface area contributed by atoms with Crippen LogP contribution in [-0.4, -0.2) is 23.2 Å². The predicted octanol–water partition coefficient (Wildman–Crippen LogP) is 1.20. The number of benzene rings is 1. The van der Waals surface area contributed by atoms with Gasteiger partial charge in [-0.1, -0.05) is 6.07 Å². The first-order valence-corrected chi connectivity index (χ1v) is 4.91. The third kappa shape index (κ3) is 3.60. The van der Waals surface area contributed by atoms with Crippen LogP contribution in [0.4, 0.5) is 5.69 Å². The number of rotatable bonds is 6. The lowest BCUT2D eigenvalue weighted by atomic mass is 10.1. The Balaban J connectivity index is 2.56. The molecule has 1 aromatic carbocycles. The van der Waals surface area contributed by atoms with Gasteiger partial charge < -0.3 is 10.4 Å². The summed E-state index contributed by atoms with van der Waals surface area (Å²) in [6.45, 7) is 3.97. The molecule has 0 atom stereocenters. The van der Waals surface area contributed by atoms with Crippen LogP contribution in [0.3, 0.4) is 0 Å². The van der Waals surface area contributed by atoms with E-state index in [4.69, 9.17) is 5.11 Å². The van der Waals surface area contributed by atoms with Gasteiger partial charge in [-0.05, 0) is 18.6 Å². The fourth-order valence-electron chi connectivity index (χ4n) is 1.29. The molecule has 0 amide bonds. The minimum absolute atomic E-state index is 0.0730. The minimum atomic E-state index is -0.396. The van der Waals surface area contributed by atoms with E-state index in [2.05, 4.69) is 5.32 Å². The topological polar surface area (TPSA) is 75.4 Å². The van der Waals surface area contributed by atoms with Gasteiger partial charge in [-0.2, -0.15) is 0 Å². The average molecular weight is 222 g/mol. The van der Waals surface area contributed by atoms with E-state index in [0.29, 0.717) is 12.1 Å². The van der Waals surface area contributed by atoms with Gasteiger partial charge in [-0.15, -0.1) is 0 Å². The number of aryl methyl sites for hydroxylation is 1. The van der Waals surface area contributed by atoms with Crippen molar-refractivity contribution in [3.05, 3.63) is 52.4 Å². The van der Waals surface area contributed by atoms with Gasteiger partial charge >= 0.3 is 0 Å². The lowest BCUT2D eigenvalue weighted by Crippen LogP contribution is -2.15. The van der Waals surface area contributed by atoms with Crippen molar-refractivity contribution in [2.45, 2.75) is 6.92 Å². The summed E-state index contributed by atoms with van der Waals surface area (Å²) in [5.41, 5.74) is 1.64. The second kappa shape index (κ2) is 6.19. The van der Waals surface area contributed by atoms with Crippen LogP contribution in [0.15, 0.2) is 18.2 Å². The summed E-state index contributed by atoms with van der Waals surface area (Å²) in [4.78, 5) is 10.2. The van der Waals surface area contributed by atoms with Crippen LogP contribution in [0, 0.1) is 30.0 Å². The second-order valence-corrected chi connectivity index (χ2v) is 3.31. The largest absolute Gasteiger partial charge is 0.395 e. The fourth-order valence-corrected chi connectivity index (χ4v) is 1.29. The number of hydrogen-bond donors (Lipinski definition) is 2. The zero-order chi connectivity index (χ0) is 12.0. The summed E-state index contributed by atoms with van der Waals surface area (Å²) >= 11 is 0. The standard InChI is InChI=1S/C11H14N2O3/c1-9-8-10(4-5-12-6-7-14)2-3-11(9)13(15)16/h2-5,8,12,14H,6-7H2,1H3. The molecule has 86 valence electrons. The second-order valence-electron chi connectivity index (χ2n) is 3.31. The molecule has 5 heteroatoms. The number of nitrogens with one attached hydrogen (secondary N) is 1. The van der Waals surface area contributed by atoms with Crippen molar-refractivity contribution in [2.24, 2.45) is 0 Å².